The quantitative estimate of drug-likeness (QED) is 0.790. The van der Waals surface area contributed by atoms with Crippen LogP contribution in [-0.2, 0) is 5.54 Å². The van der Waals surface area contributed by atoms with Gasteiger partial charge in [-0.15, -0.1) is 24.8 Å². The molecule has 2 aliphatic rings. The normalized spacial score (nSPS) is 25.6. The van der Waals surface area contributed by atoms with Gasteiger partial charge in [0.15, 0.2) is 0 Å². The molecule has 0 spiro atoms. The van der Waals surface area contributed by atoms with Crippen molar-refractivity contribution in [2.75, 3.05) is 33.2 Å². The highest BCUT2D eigenvalue weighted by atomic mass is 35.5. The molecule has 144 valence electrons. The predicted molar refractivity (Wildman–Crippen MR) is 108 cm³/mol. The van der Waals surface area contributed by atoms with Gasteiger partial charge in [0, 0.05) is 31.7 Å². The third-order valence-corrected chi connectivity index (χ3v) is 6.37. The number of piperazine rings is 1. The molecule has 0 amide bonds. The smallest absolute Gasteiger partial charge is 0.129 e. The zero-order chi connectivity index (χ0) is 17.2. The van der Waals surface area contributed by atoms with Gasteiger partial charge in [-0.1, -0.05) is 0 Å². The number of hydrogen-bond acceptors (Lipinski definition) is 4. The Bertz CT molecular complexity index is 656. The average molecular weight is 391 g/mol. The number of nitrogens with zero attached hydrogens (tertiary/aromatic N) is 2. The van der Waals surface area contributed by atoms with Crippen LogP contribution in [0.4, 0.5) is 0 Å². The summed E-state index contributed by atoms with van der Waals surface area (Å²) in [5.74, 6) is 1.40. The molecular weight excluding hydrogens is 359 g/mol. The molecule has 25 heavy (non-hydrogen) atoms. The number of fused-ring (bicyclic) bond motifs is 1. The van der Waals surface area contributed by atoms with E-state index in [1.165, 1.54) is 5.56 Å². The van der Waals surface area contributed by atoms with Crippen molar-refractivity contribution in [3.05, 3.63) is 22.3 Å². The number of aromatic hydroxyl groups is 1. The number of likely N-dealkylation sites (N-methyl/N-ethyl adjacent to an activating group) is 1. The molecule has 1 fully saturated rings. The Morgan fingerprint density at radius 2 is 1.40 bits per heavy atom. The first-order chi connectivity index (χ1) is 10.6. The van der Waals surface area contributed by atoms with Crippen molar-refractivity contribution in [1.29, 1.82) is 0 Å². The number of halogens is 2. The molecule has 4 nitrogen and oxygen atoms in total. The molecule has 6 heteroatoms. The Balaban J connectivity index is 0.00000156. The molecular formula is C19H32Cl2N2O2. The van der Waals surface area contributed by atoms with Gasteiger partial charge < -0.3 is 14.7 Å². The second kappa shape index (κ2) is 7.15. The summed E-state index contributed by atoms with van der Waals surface area (Å²) in [7, 11) is 2.18. The highest BCUT2D eigenvalue weighted by molar-refractivity contribution is 5.85. The predicted octanol–water partition coefficient (Wildman–Crippen LogP) is 3.79. The van der Waals surface area contributed by atoms with Crippen molar-refractivity contribution in [1.82, 2.24) is 9.80 Å². The van der Waals surface area contributed by atoms with Gasteiger partial charge in [0.05, 0.1) is 5.54 Å². The lowest BCUT2D eigenvalue weighted by Gasteiger charge is -2.49. The number of phenols is 1. The summed E-state index contributed by atoms with van der Waals surface area (Å²) in [5.41, 5.74) is 3.57. The van der Waals surface area contributed by atoms with Crippen molar-refractivity contribution < 1.29 is 9.84 Å². The molecule has 1 aromatic rings. The van der Waals surface area contributed by atoms with Gasteiger partial charge in [-0.3, -0.25) is 4.90 Å². The summed E-state index contributed by atoms with van der Waals surface area (Å²) in [4.78, 5) is 4.91. The summed E-state index contributed by atoms with van der Waals surface area (Å²) in [5, 5.41) is 10.6. The fourth-order valence-electron chi connectivity index (χ4n) is 4.27. The van der Waals surface area contributed by atoms with Crippen LogP contribution < -0.4 is 4.74 Å². The van der Waals surface area contributed by atoms with Crippen molar-refractivity contribution in [2.45, 2.75) is 52.7 Å². The molecule has 0 bridgehead atoms. The highest BCUT2D eigenvalue weighted by Gasteiger charge is 2.56. The van der Waals surface area contributed by atoms with Crippen LogP contribution in [0.1, 0.15) is 43.0 Å². The third-order valence-electron chi connectivity index (χ3n) is 6.37. The van der Waals surface area contributed by atoms with Gasteiger partial charge in [0.2, 0.25) is 0 Å². The SMILES string of the molecule is Cc1c(C)c2c(c(C)c1O)C(C)(N1CCN(C)CC1)C(C)(C)O2.Cl.Cl. The molecule has 1 atom stereocenters. The Kier molecular flexibility index (Phi) is 6.39. The molecule has 2 heterocycles. The monoisotopic (exact) mass is 390 g/mol. The minimum absolute atomic E-state index is 0. The Morgan fingerprint density at radius 3 is 1.92 bits per heavy atom. The maximum Gasteiger partial charge on any atom is 0.129 e. The summed E-state index contributed by atoms with van der Waals surface area (Å²) in [6.45, 7) is 16.9. The first-order valence-corrected chi connectivity index (χ1v) is 8.57. The van der Waals surface area contributed by atoms with Crippen LogP contribution in [0.5, 0.6) is 11.5 Å². The van der Waals surface area contributed by atoms with E-state index < -0.39 is 0 Å². The van der Waals surface area contributed by atoms with Crippen LogP contribution in [-0.4, -0.2) is 53.7 Å². The van der Waals surface area contributed by atoms with Crippen molar-refractivity contribution in [3.63, 3.8) is 0 Å². The Hall–Kier alpha value is -0.680. The zero-order valence-corrected chi connectivity index (χ0v) is 18.0. The van der Waals surface area contributed by atoms with Gasteiger partial charge in [-0.25, -0.2) is 0 Å². The van der Waals surface area contributed by atoms with E-state index in [9.17, 15) is 5.11 Å². The summed E-state index contributed by atoms with van der Waals surface area (Å²) in [6.07, 6.45) is 0. The average Bonchev–Trinajstić information content (AvgIpc) is 2.72. The molecule has 0 saturated carbocycles. The molecule has 1 saturated heterocycles. The van der Waals surface area contributed by atoms with E-state index in [0.29, 0.717) is 5.75 Å². The third kappa shape index (κ3) is 3.01. The van der Waals surface area contributed by atoms with E-state index in [1.54, 1.807) is 0 Å². The fraction of sp³-hybridized carbons (Fsp3) is 0.684. The molecule has 0 aliphatic carbocycles. The van der Waals surface area contributed by atoms with E-state index >= 15 is 0 Å². The van der Waals surface area contributed by atoms with Crippen LogP contribution in [0.15, 0.2) is 0 Å². The van der Waals surface area contributed by atoms with Gasteiger partial charge in [-0.2, -0.15) is 0 Å². The van der Waals surface area contributed by atoms with E-state index in [-0.39, 0.29) is 36.0 Å². The number of benzene rings is 1. The van der Waals surface area contributed by atoms with Crippen LogP contribution in [0.25, 0.3) is 0 Å². The number of phenolic OH excluding ortho intramolecular Hbond substituents is 1. The highest BCUT2D eigenvalue weighted by Crippen LogP contribution is 2.56. The summed E-state index contributed by atoms with van der Waals surface area (Å²) < 4.78 is 6.47. The molecule has 1 aromatic carbocycles. The Labute approximate surface area is 164 Å². The zero-order valence-electron chi connectivity index (χ0n) is 16.4. The van der Waals surface area contributed by atoms with Crippen molar-refractivity contribution in [3.8, 4) is 11.5 Å². The minimum Gasteiger partial charge on any atom is -0.507 e. The van der Waals surface area contributed by atoms with E-state index in [0.717, 1.165) is 48.6 Å². The number of hydrogen-bond donors (Lipinski definition) is 1. The minimum atomic E-state index is -0.332. The summed E-state index contributed by atoms with van der Waals surface area (Å²) >= 11 is 0. The van der Waals surface area contributed by atoms with Crippen molar-refractivity contribution in [2.24, 2.45) is 0 Å². The number of rotatable bonds is 1. The maximum absolute atomic E-state index is 10.6. The topological polar surface area (TPSA) is 35.9 Å². The standard InChI is InChI=1S/C19H30N2O2.2ClH/c1-12-13(2)17-15(14(3)16(12)22)19(6,18(4,5)23-17)21-10-8-20(7)9-11-21;;/h22H,8-11H2,1-7H3;2*1H. The van der Waals surface area contributed by atoms with Crippen LogP contribution in [0.2, 0.25) is 0 Å². The lowest BCUT2D eigenvalue weighted by Crippen LogP contribution is -2.61. The first-order valence-electron chi connectivity index (χ1n) is 8.57. The molecule has 0 radical (unpaired) electrons. The van der Waals surface area contributed by atoms with E-state index in [2.05, 4.69) is 44.5 Å². The second-order valence-corrected chi connectivity index (χ2v) is 7.90. The van der Waals surface area contributed by atoms with Gasteiger partial charge in [-0.05, 0) is 65.3 Å². The lowest BCUT2D eigenvalue weighted by molar-refractivity contribution is -0.0580. The van der Waals surface area contributed by atoms with Crippen molar-refractivity contribution >= 4 is 24.8 Å². The molecule has 3 rings (SSSR count). The van der Waals surface area contributed by atoms with Crippen LogP contribution >= 0.6 is 24.8 Å². The van der Waals surface area contributed by atoms with Crippen LogP contribution in [0.3, 0.4) is 0 Å². The molecule has 1 N–H and O–H groups in total. The van der Waals surface area contributed by atoms with Gasteiger partial charge in [0.1, 0.15) is 17.1 Å². The first kappa shape index (κ1) is 22.4. The van der Waals surface area contributed by atoms with E-state index in [1.807, 2.05) is 13.8 Å². The van der Waals surface area contributed by atoms with E-state index in [4.69, 9.17) is 4.74 Å². The Morgan fingerprint density at radius 1 is 0.880 bits per heavy atom. The summed E-state index contributed by atoms with van der Waals surface area (Å²) in [6, 6.07) is 0. The van der Waals surface area contributed by atoms with Gasteiger partial charge >= 0.3 is 0 Å². The number of ether oxygens (including phenoxy) is 1. The molecule has 0 aromatic heterocycles. The molecule has 2 aliphatic heterocycles. The largest absolute Gasteiger partial charge is 0.507 e. The molecule has 1 unspecified atom stereocenters. The van der Waals surface area contributed by atoms with Gasteiger partial charge in [0.25, 0.3) is 0 Å². The second-order valence-electron chi connectivity index (χ2n) is 7.90. The lowest BCUT2D eigenvalue weighted by atomic mass is 9.75. The van der Waals surface area contributed by atoms with Crippen LogP contribution in [0, 0.1) is 20.8 Å². The maximum atomic E-state index is 10.6. The fourth-order valence-corrected chi connectivity index (χ4v) is 4.27.